The predicted molar refractivity (Wildman–Crippen MR) is 158 cm³/mol. The number of unbranched alkanes of at least 4 members (excludes halogenated alkanes) is 4. The molecule has 1 N–H and O–H groups in total. The van der Waals surface area contributed by atoms with Crippen LogP contribution in [0.3, 0.4) is 0 Å². The smallest absolute Gasteiger partial charge is 0.312 e. The molecule has 0 saturated carbocycles. The number of nitrogens with zero attached hydrogens (tertiary/aromatic N) is 3. The van der Waals surface area contributed by atoms with Gasteiger partial charge < -0.3 is 29.1 Å². The lowest BCUT2D eigenvalue weighted by Gasteiger charge is -2.38. The Morgan fingerprint density at radius 2 is 1.86 bits per heavy atom. The summed E-state index contributed by atoms with van der Waals surface area (Å²) in [4.78, 5) is 48.3. The van der Waals surface area contributed by atoms with E-state index in [1.807, 2.05) is 13.8 Å². The van der Waals surface area contributed by atoms with E-state index in [1.165, 1.54) is 0 Å². The van der Waals surface area contributed by atoms with E-state index in [4.69, 9.17) is 14.2 Å². The quantitative estimate of drug-likeness (QED) is 0.157. The van der Waals surface area contributed by atoms with Crippen molar-refractivity contribution in [2.75, 3.05) is 65.7 Å². The van der Waals surface area contributed by atoms with Crippen molar-refractivity contribution in [3.05, 3.63) is 25.3 Å². The zero-order chi connectivity index (χ0) is 30.3. The molecule has 10 nitrogen and oxygen atoms in total. The number of carbonyl (C=O) groups is 3. The first-order valence-corrected chi connectivity index (χ1v) is 15.8. The van der Waals surface area contributed by atoms with Crippen LogP contribution in [-0.4, -0.2) is 121 Å². The maximum atomic E-state index is 14.6. The molecule has 3 unspecified atom stereocenters. The molecule has 2 bridgehead atoms. The molecule has 4 heterocycles. The first-order valence-electron chi connectivity index (χ1n) is 15.8. The highest BCUT2D eigenvalue weighted by molar-refractivity contribution is 5.98. The molecule has 4 aliphatic rings. The van der Waals surface area contributed by atoms with Crippen molar-refractivity contribution in [2.45, 2.75) is 76.0 Å². The number of fused-ring (bicyclic) bond motifs is 1. The number of amides is 2. The fourth-order valence-corrected chi connectivity index (χ4v) is 7.56. The summed E-state index contributed by atoms with van der Waals surface area (Å²) in [5, 5.41) is 9.19. The van der Waals surface area contributed by atoms with Crippen molar-refractivity contribution in [1.82, 2.24) is 14.7 Å². The Kier molecular flexibility index (Phi) is 11.2. The number of hydrogen-bond donors (Lipinski definition) is 1. The third-order valence-corrected chi connectivity index (χ3v) is 9.86. The van der Waals surface area contributed by atoms with Crippen LogP contribution in [-0.2, 0) is 28.6 Å². The Bertz CT molecular complexity index is 985. The molecule has 4 aliphatic heterocycles. The van der Waals surface area contributed by atoms with Gasteiger partial charge in [-0.15, -0.1) is 13.2 Å². The van der Waals surface area contributed by atoms with Crippen molar-refractivity contribution in [3.63, 3.8) is 0 Å². The number of ether oxygens (including phenoxy) is 3. The number of rotatable bonds is 17. The summed E-state index contributed by atoms with van der Waals surface area (Å²) in [6.45, 7) is 16.9. The van der Waals surface area contributed by atoms with Gasteiger partial charge in [-0.05, 0) is 44.9 Å². The zero-order valence-corrected chi connectivity index (χ0v) is 25.6. The van der Waals surface area contributed by atoms with E-state index in [-0.39, 0.29) is 30.9 Å². The summed E-state index contributed by atoms with van der Waals surface area (Å²) in [5.74, 6) is -2.32. The number of aliphatic hydroxyl groups excluding tert-OH is 1. The van der Waals surface area contributed by atoms with E-state index >= 15 is 0 Å². The molecule has 236 valence electrons. The lowest BCUT2D eigenvalue weighted by atomic mass is 9.62. The second-order valence-electron chi connectivity index (χ2n) is 12.5. The van der Waals surface area contributed by atoms with Crippen molar-refractivity contribution < 1.29 is 33.7 Å². The monoisotopic (exact) mass is 589 g/mol. The van der Waals surface area contributed by atoms with Gasteiger partial charge in [-0.25, -0.2) is 0 Å². The Hall–Kier alpha value is -2.27. The van der Waals surface area contributed by atoms with E-state index < -0.39 is 35.0 Å². The van der Waals surface area contributed by atoms with E-state index in [9.17, 15) is 19.5 Å². The Labute approximate surface area is 251 Å². The average molecular weight is 590 g/mol. The first kappa shape index (κ1) is 32.6. The minimum absolute atomic E-state index is 0.0340. The normalized spacial score (nSPS) is 32.2. The van der Waals surface area contributed by atoms with Crippen molar-refractivity contribution in [2.24, 2.45) is 17.8 Å². The second kappa shape index (κ2) is 14.5. The number of aliphatic hydroxyl groups is 1. The Morgan fingerprint density at radius 1 is 1.12 bits per heavy atom. The highest BCUT2D eigenvalue weighted by atomic mass is 16.6. The highest BCUT2D eigenvalue weighted by Crippen LogP contribution is 2.65. The van der Waals surface area contributed by atoms with Gasteiger partial charge in [0, 0.05) is 45.9 Å². The number of esters is 1. The number of morpholine rings is 1. The third-order valence-electron chi connectivity index (χ3n) is 9.86. The molecule has 2 amide bonds. The first-order chi connectivity index (χ1) is 20.2. The zero-order valence-electron chi connectivity index (χ0n) is 25.6. The molecular weight excluding hydrogens is 538 g/mol. The maximum absolute atomic E-state index is 14.6. The van der Waals surface area contributed by atoms with Gasteiger partial charge in [0.1, 0.15) is 17.6 Å². The maximum Gasteiger partial charge on any atom is 0.312 e. The average Bonchev–Trinajstić information content (AvgIpc) is 3.49. The van der Waals surface area contributed by atoms with Crippen molar-refractivity contribution in [3.8, 4) is 0 Å². The highest BCUT2D eigenvalue weighted by Gasteiger charge is 2.80. The molecule has 0 aromatic heterocycles. The summed E-state index contributed by atoms with van der Waals surface area (Å²) in [6.07, 6.45) is 8.53. The van der Waals surface area contributed by atoms with Crippen molar-refractivity contribution >= 4 is 17.8 Å². The van der Waals surface area contributed by atoms with Gasteiger partial charge in [-0.3, -0.25) is 19.3 Å². The molecule has 4 saturated heterocycles. The van der Waals surface area contributed by atoms with Gasteiger partial charge in [-0.2, -0.15) is 0 Å². The van der Waals surface area contributed by atoms with Gasteiger partial charge in [0.25, 0.3) is 0 Å². The Balaban J connectivity index is 1.62. The molecule has 4 fully saturated rings. The van der Waals surface area contributed by atoms with Crippen LogP contribution < -0.4 is 0 Å². The topological polar surface area (TPSA) is 109 Å². The van der Waals surface area contributed by atoms with Crippen LogP contribution in [0.25, 0.3) is 0 Å². The molecule has 0 aliphatic carbocycles. The number of allylic oxidation sites excluding steroid dienone is 1. The summed E-state index contributed by atoms with van der Waals surface area (Å²) >= 11 is 0. The van der Waals surface area contributed by atoms with Crippen LogP contribution in [0.1, 0.15) is 58.8 Å². The SMILES string of the molecule is C=CCCCOC(=O)[C@H]1[C@H]2C(=O)N(CCCCCCO)C(C(=O)N(CC=C)CCN3CCOCC3)C23CC(C)[C@]1(C)O3. The minimum atomic E-state index is -1.09. The van der Waals surface area contributed by atoms with Gasteiger partial charge in [-0.1, -0.05) is 31.9 Å². The van der Waals surface area contributed by atoms with Crippen LogP contribution in [0.15, 0.2) is 25.3 Å². The summed E-state index contributed by atoms with van der Waals surface area (Å²) < 4.78 is 18.0. The Morgan fingerprint density at radius 3 is 2.55 bits per heavy atom. The van der Waals surface area contributed by atoms with E-state index in [1.54, 1.807) is 22.0 Å². The molecule has 6 atom stereocenters. The molecule has 0 radical (unpaired) electrons. The summed E-state index contributed by atoms with van der Waals surface area (Å²) in [6, 6.07) is -0.819. The van der Waals surface area contributed by atoms with Gasteiger partial charge in [0.15, 0.2) is 0 Å². The lowest BCUT2D eigenvalue weighted by molar-refractivity contribution is -0.162. The van der Waals surface area contributed by atoms with Gasteiger partial charge >= 0.3 is 5.97 Å². The van der Waals surface area contributed by atoms with E-state index in [0.29, 0.717) is 65.1 Å². The van der Waals surface area contributed by atoms with Crippen LogP contribution in [0, 0.1) is 17.8 Å². The number of likely N-dealkylation sites (tertiary alicyclic amines) is 1. The van der Waals surface area contributed by atoms with Gasteiger partial charge in [0.05, 0.1) is 31.3 Å². The summed E-state index contributed by atoms with van der Waals surface area (Å²) in [7, 11) is 0. The fourth-order valence-electron chi connectivity index (χ4n) is 7.56. The molecule has 4 rings (SSSR count). The van der Waals surface area contributed by atoms with Crippen molar-refractivity contribution in [1.29, 1.82) is 0 Å². The largest absolute Gasteiger partial charge is 0.465 e. The standard InChI is InChI=1S/C32H51N3O7/c1-5-7-12-20-41-30(39)26-25-28(37)35(14-10-8-9-11-19-36)27(32(25)23-24(3)31(26,4)42-32)29(38)34(13-6-2)16-15-33-17-21-40-22-18-33/h5-6,24-27,36H,1-2,7-23H2,3-4H3/t24?,25-,26+,27?,31-,32?/m0/s1. The van der Waals surface area contributed by atoms with Gasteiger partial charge in [0.2, 0.25) is 11.8 Å². The van der Waals surface area contributed by atoms with E-state index in [0.717, 1.165) is 32.4 Å². The fraction of sp³-hybridized carbons (Fsp3) is 0.781. The molecule has 42 heavy (non-hydrogen) atoms. The second-order valence-corrected chi connectivity index (χ2v) is 12.5. The molecular formula is C32H51N3O7. The van der Waals surface area contributed by atoms with Crippen LogP contribution >= 0.6 is 0 Å². The van der Waals surface area contributed by atoms with E-state index in [2.05, 4.69) is 18.1 Å². The lowest BCUT2D eigenvalue weighted by Crippen LogP contribution is -2.57. The van der Waals surface area contributed by atoms with Crippen LogP contribution in [0.4, 0.5) is 0 Å². The number of carbonyl (C=O) groups excluding carboxylic acids is 3. The number of hydrogen-bond acceptors (Lipinski definition) is 8. The molecule has 0 aromatic carbocycles. The molecule has 10 heteroatoms. The predicted octanol–water partition coefficient (Wildman–Crippen LogP) is 2.41. The van der Waals surface area contributed by atoms with Crippen LogP contribution in [0.5, 0.6) is 0 Å². The summed E-state index contributed by atoms with van der Waals surface area (Å²) in [5.41, 5.74) is -1.98. The van der Waals surface area contributed by atoms with Crippen LogP contribution in [0.2, 0.25) is 0 Å². The molecule has 1 spiro atoms. The third kappa shape index (κ3) is 6.32. The minimum Gasteiger partial charge on any atom is -0.465 e. The molecule has 0 aromatic rings.